The molecule has 2 saturated heterocycles. The highest BCUT2D eigenvalue weighted by atomic mass is 79.9. The topological polar surface area (TPSA) is 58.6 Å². The maximum Gasteiger partial charge on any atom is 0.259 e. The molecule has 0 radical (unpaired) electrons. The summed E-state index contributed by atoms with van der Waals surface area (Å²) in [7, 11) is 1.54. The summed E-state index contributed by atoms with van der Waals surface area (Å²) in [5, 5.41) is 0. The van der Waals surface area contributed by atoms with Gasteiger partial charge in [0.05, 0.1) is 7.11 Å². The van der Waals surface area contributed by atoms with E-state index >= 15 is 0 Å². The minimum Gasteiger partial charge on any atom is -0.480 e. The number of hydrogen-bond donors (Lipinski definition) is 0. The monoisotopic (exact) mass is 402 g/mol. The van der Waals surface area contributed by atoms with E-state index in [4.69, 9.17) is 4.74 Å². The zero-order valence-corrected chi connectivity index (χ0v) is 15.5. The highest BCUT2D eigenvalue weighted by molar-refractivity contribution is 9.10. The number of rotatable bonds is 3. The molecule has 7 heteroatoms. The third kappa shape index (κ3) is 3.08. The minimum atomic E-state index is 0.00710. The fraction of sp³-hybridized carbons (Fsp3) is 0.389. The van der Waals surface area contributed by atoms with Crippen molar-refractivity contribution < 1.29 is 9.53 Å². The predicted molar refractivity (Wildman–Crippen MR) is 97.8 cm³/mol. The van der Waals surface area contributed by atoms with Gasteiger partial charge in [-0.2, -0.15) is 0 Å². The Morgan fingerprint density at radius 1 is 1.16 bits per heavy atom. The van der Waals surface area contributed by atoms with Gasteiger partial charge in [-0.1, -0.05) is 0 Å². The molecule has 0 saturated carbocycles. The minimum absolute atomic E-state index is 0.00710. The number of ether oxygens (including phenoxy) is 1. The Morgan fingerprint density at radius 2 is 1.92 bits per heavy atom. The highest BCUT2D eigenvalue weighted by Crippen LogP contribution is 2.34. The van der Waals surface area contributed by atoms with Gasteiger partial charge in [-0.05, 0) is 40.2 Å². The number of nitrogens with zero attached hydrogens (tertiary/aromatic N) is 4. The lowest BCUT2D eigenvalue weighted by Crippen LogP contribution is -2.33. The van der Waals surface area contributed by atoms with Gasteiger partial charge >= 0.3 is 0 Å². The molecule has 25 heavy (non-hydrogen) atoms. The Kier molecular flexibility index (Phi) is 4.33. The summed E-state index contributed by atoms with van der Waals surface area (Å²) in [5.74, 6) is 2.37. The molecule has 0 N–H and O–H groups in total. The maximum absolute atomic E-state index is 12.8. The summed E-state index contributed by atoms with van der Waals surface area (Å²) >= 11 is 3.42. The van der Waals surface area contributed by atoms with Crippen LogP contribution in [0.4, 0.5) is 5.82 Å². The zero-order valence-electron chi connectivity index (χ0n) is 13.9. The number of fused-ring (bicyclic) bond motifs is 1. The van der Waals surface area contributed by atoms with Crippen LogP contribution in [0.2, 0.25) is 0 Å². The molecule has 2 unspecified atom stereocenters. The van der Waals surface area contributed by atoms with Crippen LogP contribution in [-0.2, 0) is 0 Å². The molecule has 1 amide bonds. The fourth-order valence-electron chi connectivity index (χ4n) is 3.79. The Hall–Kier alpha value is -2.15. The number of likely N-dealkylation sites (tertiary alicyclic amines) is 1. The van der Waals surface area contributed by atoms with Crippen LogP contribution in [-0.4, -0.2) is 54.1 Å². The second-order valence-electron chi connectivity index (χ2n) is 6.53. The smallest absolute Gasteiger partial charge is 0.259 e. The van der Waals surface area contributed by atoms with Gasteiger partial charge in [0.25, 0.3) is 5.91 Å². The Balaban J connectivity index is 1.44. The first-order chi connectivity index (χ1) is 12.2. The SMILES string of the molecule is COc1ncccc1C(=O)N1CC2CN(c3ccc(Br)cn3)CC2C1. The number of anilines is 1. The van der Waals surface area contributed by atoms with Crippen molar-refractivity contribution in [2.45, 2.75) is 0 Å². The van der Waals surface area contributed by atoms with Crippen LogP contribution in [0.1, 0.15) is 10.4 Å². The molecule has 2 aromatic heterocycles. The normalized spacial score (nSPS) is 22.2. The lowest BCUT2D eigenvalue weighted by Gasteiger charge is -2.22. The number of amides is 1. The van der Waals surface area contributed by atoms with Gasteiger partial charge in [0.15, 0.2) is 0 Å². The lowest BCUT2D eigenvalue weighted by atomic mass is 10.0. The van der Waals surface area contributed by atoms with E-state index in [1.54, 1.807) is 25.4 Å². The van der Waals surface area contributed by atoms with Gasteiger partial charge in [-0.15, -0.1) is 0 Å². The summed E-state index contributed by atoms with van der Waals surface area (Å²) < 4.78 is 6.21. The van der Waals surface area contributed by atoms with Gasteiger partial charge < -0.3 is 14.5 Å². The maximum atomic E-state index is 12.8. The molecular formula is C18H19BrN4O2. The van der Waals surface area contributed by atoms with Crippen LogP contribution >= 0.6 is 15.9 Å². The van der Waals surface area contributed by atoms with Crippen LogP contribution in [0.25, 0.3) is 0 Å². The summed E-state index contributed by atoms with van der Waals surface area (Å²) in [4.78, 5) is 25.7. The van der Waals surface area contributed by atoms with E-state index in [9.17, 15) is 4.79 Å². The van der Waals surface area contributed by atoms with E-state index in [1.807, 2.05) is 23.2 Å². The summed E-state index contributed by atoms with van der Waals surface area (Å²) in [6.07, 6.45) is 3.46. The number of pyridine rings is 2. The molecule has 6 nitrogen and oxygen atoms in total. The first-order valence-electron chi connectivity index (χ1n) is 8.30. The third-order valence-corrected chi connectivity index (χ3v) is 5.47. The van der Waals surface area contributed by atoms with Gasteiger partial charge in [0.2, 0.25) is 5.88 Å². The lowest BCUT2D eigenvalue weighted by molar-refractivity contribution is 0.0778. The average Bonchev–Trinajstić information content (AvgIpc) is 3.21. The second-order valence-corrected chi connectivity index (χ2v) is 7.45. The van der Waals surface area contributed by atoms with Crippen molar-refractivity contribution in [1.29, 1.82) is 0 Å². The molecule has 130 valence electrons. The molecule has 2 aliphatic heterocycles. The number of carbonyl (C=O) groups excluding carboxylic acids is 1. The fourth-order valence-corrected chi connectivity index (χ4v) is 4.02. The summed E-state index contributed by atoms with van der Waals surface area (Å²) in [6, 6.07) is 7.60. The second kappa shape index (κ2) is 6.63. The van der Waals surface area contributed by atoms with E-state index in [0.717, 1.165) is 36.5 Å². The Morgan fingerprint density at radius 3 is 2.56 bits per heavy atom. The first kappa shape index (κ1) is 16.3. The van der Waals surface area contributed by atoms with Gasteiger partial charge in [0, 0.05) is 54.9 Å². The summed E-state index contributed by atoms with van der Waals surface area (Å²) in [5.41, 5.74) is 0.538. The largest absolute Gasteiger partial charge is 0.480 e. The molecule has 0 bridgehead atoms. The first-order valence-corrected chi connectivity index (χ1v) is 9.10. The summed E-state index contributed by atoms with van der Waals surface area (Å²) in [6.45, 7) is 3.42. The molecule has 0 spiro atoms. The zero-order chi connectivity index (χ0) is 17.4. The van der Waals surface area contributed by atoms with Crippen LogP contribution in [0.5, 0.6) is 5.88 Å². The standard InChI is InChI=1S/C18H19BrN4O2/c1-25-17-15(3-2-6-20-17)18(24)23-10-12-8-22(9-13(12)11-23)16-5-4-14(19)7-21-16/h2-7,12-13H,8-11H2,1H3. The molecule has 2 aliphatic rings. The van der Waals surface area contributed by atoms with E-state index in [2.05, 4.69) is 30.8 Å². The number of methoxy groups -OCH3 is 1. The van der Waals surface area contributed by atoms with E-state index < -0.39 is 0 Å². The van der Waals surface area contributed by atoms with Crippen molar-refractivity contribution in [2.75, 3.05) is 38.2 Å². The molecule has 0 aromatic carbocycles. The predicted octanol–water partition coefficient (Wildman–Crippen LogP) is 2.46. The molecule has 2 fully saturated rings. The van der Waals surface area contributed by atoms with Crippen LogP contribution < -0.4 is 9.64 Å². The van der Waals surface area contributed by atoms with E-state index in [1.165, 1.54) is 0 Å². The number of aromatic nitrogens is 2. The third-order valence-electron chi connectivity index (χ3n) is 5.00. The molecule has 4 heterocycles. The Labute approximate surface area is 154 Å². The van der Waals surface area contributed by atoms with Crippen LogP contribution in [0.15, 0.2) is 41.1 Å². The van der Waals surface area contributed by atoms with Crippen LogP contribution in [0.3, 0.4) is 0 Å². The van der Waals surface area contributed by atoms with Crippen LogP contribution in [0, 0.1) is 11.8 Å². The number of halogens is 1. The van der Waals surface area contributed by atoms with Crippen molar-refractivity contribution in [1.82, 2.24) is 14.9 Å². The van der Waals surface area contributed by atoms with Crippen molar-refractivity contribution in [2.24, 2.45) is 11.8 Å². The molecule has 0 aliphatic carbocycles. The van der Waals surface area contributed by atoms with Crippen molar-refractivity contribution in [3.63, 3.8) is 0 Å². The van der Waals surface area contributed by atoms with E-state index in [-0.39, 0.29) is 5.91 Å². The van der Waals surface area contributed by atoms with Gasteiger partial charge in [-0.3, -0.25) is 4.79 Å². The van der Waals surface area contributed by atoms with Crippen molar-refractivity contribution >= 4 is 27.7 Å². The quantitative estimate of drug-likeness (QED) is 0.788. The Bertz CT molecular complexity index is 769. The number of hydrogen-bond acceptors (Lipinski definition) is 5. The molecule has 4 rings (SSSR count). The van der Waals surface area contributed by atoms with Gasteiger partial charge in [-0.25, -0.2) is 9.97 Å². The molecule has 2 aromatic rings. The van der Waals surface area contributed by atoms with Crippen molar-refractivity contribution in [3.8, 4) is 5.88 Å². The number of carbonyl (C=O) groups is 1. The van der Waals surface area contributed by atoms with E-state index in [0.29, 0.717) is 23.3 Å². The molecular weight excluding hydrogens is 384 g/mol. The van der Waals surface area contributed by atoms with Gasteiger partial charge in [0.1, 0.15) is 11.4 Å². The molecule has 2 atom stereocenters. The highest BCUT2D eigenvalue weighted by Gasteiger charge is 2.42. The average molecular weight is 403 g/mol. The van der Waals surface area contributed by atoms with Crippen molar-refractivity contribution in [3.05, 3.63) is 46.7 Å².